The van der Waals surface area contributed by atoms with Crippen molar-refractivity contribution in [1.82, 2.24) is 0 Å². The number of carboxylic acids is 1. The predicted molar refractivity (Wildman–Crippen MR) is 61.5 cm³/mol. The van der Waals surface area contributed by atoms with Crippen molar-refractivity contribution >= 4 is 17.6 Å². The van der Waals surface area contributed by atoms with Crippen molar-refractivity contribution in [1.29, 1.82) is 0 Å². The molecule has 4 nitrogen and oxygen atoms in total. The van der Waals surface area contributed by atoms with Gasteiger partial charge in [0.15, 0.2) is 0 Å². The summed E-state index contributed by atoms with van der Waals surface area (Å²) >= 11 is 5.89. The van der Waals surface area contributed by atoms with Gasteiger partial charge in [0.2, 0.25) is 0 Å². The predicted octanol–water partition coefficient (Wildman–Crippen LogP) is 3.21. The summed E-state index contributed by atoms with van der Waals surface area (Å²) in [5.74, 6) is 0.0703. The van der Waals surface area contributed by atoms with Gasteiger partial charge in [-0.25, -0.2) is 4.79 Å². The van der Waals surface area contributed by atoms with Crippen LogP contribution >= 0.6 is 11.6 Å². The van der Waals surface area contributed by atoms with Gasteiger partial charge in [-0.2, -0.15) is 0 Å². The van der Waals surface area contributed by atoms with E-state index in [1.54, 1.807) is 18.4 Å². The lowest BCUT2D eigenvalue weighted by molar-refractivity contribution is 0.0697. The molecule has 1 aromatic heterocycles. The van der Waals surface area contributed by atoms with Gasteiger partial charge in [0, 0.05) is 0 Å². The quantitative estimate of drug-likeness (QED) is 0.908. The highest BCUT2D eigenvalue weighted by Crippen LogP contribution is 2.26. The molecule has 0 aliphatic heterocycles. The summed E-state index contributed by atoms with van der Waals surface area (Å²) in [6, 6.07) is 7.84. The Bertz CT molecular complexity index is 519. The smallest absolute Gasteiger partial charge is 0.335 e. The lowest BCUT2D eigenvalue weighted by Gasteiger charge is -2.06. The largest absolute Gasteiger partial charge is 0.484 e. The molecular formula is C12H9ClO4. The molecule has 0 unspecified atom stereocenters. The Hall–Kier alpha value is -1.94. The number of furan rings is 1. The highest BCUT2D eigenvalue weighted by atomic mass is 35.5. The first-order valence-corrected chi connectivity index (χ1v) is 5.22. The molecule has 0 fully saturated rings. The summed E-state index contributed by atoms with van der Waals surface area (Å²) in [5, 5.41) is 9.03. The first kappa shape index (κ1) is 11.5. The molecule has 0 spiro atoms. The molecule has 2 aromatic rings. The Morgan fingerprint density at radius 3 is 2.82 bits per heavy atom. The van der Waals surface area contributed by atoms with Crippen LogP contribution in [-0.4, -0.2) is 11.1 Å². The molecule has 0 bridgehead atoms. The van der Waals surface area contributed by atoms with E-state index >= 15 is 0 Å². The number of ether oxygens (including phenoxy) is 1. The van der Waals surface area contributed by atoms with Crippen LogP contribution in [0.25, 0.3) is 0 Å². The number of hydrogen-bond donors (Lipinski definition) is 1. The molecule has 0 aliphatic carbocycles. The monoisotopic (exact) mass is 252 g/mol. The zero-order valence-corrected chi connectivity index (χ0v) is 9.48. The fraction of sp³-hybridized carbons (Fsp3) is 0.0833. The van der Waals surface area contributed by atoms with Crippen molar-refractivity contribution in [2.45, 2.75) is 6.61 Å². The van der Waals surface area contributed by atoms with E-state index in [0.29, 0.717) is 11.5 Å². The number of carbonyl (C=O) groups is 1. The minimum atomic E-state index is -1.02. The van der Waals surface area contributed by atoms with Crippen LogP contribution in [0.1, 0.15) is 16.1 Å². The van der Waals surface area contributed by atoms with Gasteiger partial charge in [-0.3, -0.25) is 0 Å². The van der Waals surface area contributed by atoms with Gasteiger partial charge in [0.25, 0.3) is 0 Å². The van der Waals surface area contributed by atoms with Crippen molar-refractivity contribution in [2.24, 2.45) is 0 Å². The fourth-order valence-corrected chi connectivity index (χ4v) is 1.53. The second-order valence-corrected chi connectivity index (χ2v) is 3.73. The number of carboxylic acid groups (broad SMARTS) is 1. The number of halogens is 1. The molecular weight excluding hydrogens is 244 g/mol. The van der Waals surface area contributed by atoms with E-state index in [0.717, 1.165) is 0 Å². The SMILES string of the molecule is O=C(O)c1ccc(OCc2ccco2)c(Cl)c1. The maximum absolute atomic E-state index is 10.7. The van der Waals surface area contributed by atoms with Crippen LogP contribution in [-0.2, 0) is 6.61 Å². The molecule has 1 aromatic carbocycles. The van der Waals surface area contributed by atoms with Gasteiger partial charge in [-0.1, -0.05) is 11.6 Å². The Balaban J connectivity index is 2.09. The van der Waals surface area contributed by atoms with Gasteiger partial charge in [0.1, 0.15) is 18.1 Å². The zero-order chi connectivity index (χ0) is 12.3. The Kier molecular flexibility index (Phi) is 3.35. The van der Waals surface area contributed by atoms with E-state index in [4.69, 9.17) is 25.9 Å². The first-order valence-electron chi connectivity index (χ1n) is 4.85. The number of aromatic carboxylic acids is 1. The number of hydrogen-bond acceptors (Lipinski definition) is 3. The number of benzene rings is 1. The van der Waals surface area contributed by atoms with E-state index in [9.17, 15) is 4.79 Å². The second-order valence-electron chi connectivity index (χ2n) is 3.32. The van der Waals surface area contributed by atoms with Crippen LogP contribution in [0.15, 0.2) is 41.0 Å². The van der Waals surface area contributed by atoms with Crippen molar-refractivity contribution in [2.75, 3.05) is 0 Å². The molecule has 0 aliphatic rings. The summed E-state index contributed by atoms with van der Waals surface area (Å²) < 4.78 is 10.5. The lowest BCUT2D eigenvalue weighted by atomic mass is 10.2. The Morgan fingerprint density at radius 1 is 1.41 bits per heavy atom. The molecule has 0 amide bonds. The second kappa shape index (κ2) is 4.93. The van der Waals surface area contributed by atoms with Crippen LogP contribution in [0, 0.1) is 0 Å². The minimum absolute atomic E-state index is 0.125. The minimum Gasteiger partial charge on any atom is -0.484 e. The highest BCUT2D eigenvalue weighted by molar-refractivity contribution is 6.32. The Labute approximate surface area is 102 Å². The van der Waals surface area contributed by atoms with Crippen LogP contribution in [0.3, 0.4) is 0 Å². The topological polar surface area (TPSA) is 59.7 Å². The molecule has 0 saturated carbocycles. The summed E-state index contributed by atoms with van der Waals surface area (Å²) in [5.41, 5.74) is 0.125. The first-order chi connectivity index (χ1) is 8.16. The van der Waals surface area contributed by atoms with Gasteiger partial charge in [-0.15, -0.1) is 0 Å². The molecule has 88 valence electrons. The molecule has 2 rings (SSSR count). The standard InChI is InChI=1S/C12H9ClO4/c13-10-6-8(12(14)15)3-4-11(10)17-7-9-2-1-5-16-9/h1-6H,7H2,(H,14,15). The van der Waals surface area contributed by atoms with Crippen molar-refractivity contribution in [3.05, 3.63) is 52.9 Å². The molecule has 17 heavy (non-hydrogen) atoms. The third kappa shape index (κ3) is 2.79. The van der Waals surface area contributed by atoms with E-state index in [1.165, 1.54) is 18.2 Å². The van der Waals surface area contributed by atoms with Gasteiger partial charge in [0.05, 0.1) is 16.8 Å². The third-order valence-corrected chi connectivity index (χ3v) is 2.42. The molecule has 0 saturated heterocycles. The maximum atomic E-state index is 10.7. The van der Waals surface area contributed by atoms with E-state index < -0.39 is 5.97 Å². The summed E-state index contributed by atoms with van der Waals surface area (Å²) in [7, 11) is 0. The average molecular weight is 253 g/mol. The summed E-state index contributed by atoms with van der Waals surface area (Å²) in [6.07, 6.45) is 1.55. The van der Waals surface area contributed by atoms with Crippen LogP contribution in [0.2, 0.25) is 5.02 Å². The average Bonchev–Trinajstić information content (AvgIpc) is 2.80. The Morgan fingerprint density at radius 2 is 2.24 bits per heavy atom. The maximum Gasteiger partial charge on any atom is 0.335 e. The third-order valence-electron chi connectivity index (χ3n) is 2.13. The van der Waals surface area contributed by atoms with Crippen molar-refractivity contribution in [3.8, 4) is 5.75 Å². The van der Waals surface area contributed by atoms with Crippen LogP contribution < -0.4 is 4.74 Å². The number of rotatable bonds is 4. The van der Waals surface area contributed by atoms with Gasteiger partial charge in [-0.05, 0) is 30.3 Å². The molecule has 0 atom stereocenters. The van der Waals surface area contributed by atoms with Gasteiger partial charge >= 0.3 is 5.97 Å². The van der Waals surface area contributed by atoms with Crippen LogP contribution in [0.5, 0.6) is 5.75 Å². The molecule has 1 heterocycles. The molecule has 0 radical (unpaired) electrons. The normalized spacial score (nSPS) is 10.2. The van der Waals surface area contributed by atoms with E-state index in [-0.39, 0.29) is 17.2 Å². The van der Waals surface area contributed by atoms with Crippen molar-refractivity contribution < 1.29 is 19.1 Å². The van der Waals surface area contributed by atoms with E-state index in [2.05, 4.69) is 0 Å². The van der Waals surface area contributed by atoms with E-state index in [1.807, 2.05) is 0 Å². The van der Waals surface area contributed by atoms with Crippen LogP contribution in [0.4, 0.5) is 0 Å². The van der Waals surface area contributed by atoms with Crippen molar-refractivity contribution in [3.63, 3.8) is 0 Å². The highest BCUT2D eigenvalue weighted by Gasteiger charge is 2.08. The summed E-state index contributed by atoms with van der Waals surface area (Å²) in [6.45, 7) is 0.249. The molecule has 1 N–H and O–H groups in total. The summed E-state index contributed by atoms with van der Waals surface area (Å²) in [4.78, 5) is 10.7. The zero-order valence-electron chi connectivity index (χ0n) is 8.72. The van der Waals surface area contributed by atoms with Gasteiger partial charge < -0.3 is 14.3 Å². The lowest BCUT2D eigenvalue weighted by Crippen LogP contribution is -1.98. The fourth-order valence-electron chi connectivity index (χ4n) is 1.29. The molecule has 5 heteroatoms.